The lowest BCUT2D eigenvalue weighted by atomic mass is 9.84. The Hall–Kier alpha value is -13.1. The molecule has 4 fully saturated rings. The molecule has 27 nitrogen and oxygen atoms in total. The highest BCUT2D eigenvalue weighted by atomic mass is 16.6. The first-order valence-electron chi connectivity index (χ1n) is 50.0. The molecule has 1 aromatic heterocycles. The molecule has 12 rings (SSSR count). The van der Waals surface area contributed by atoms with Crippen molar-refractivity contribution in [1.82, 2.24) is 24.6 Å². The summed E-state index contributed by atoms with van der Waals surface area (Å²) in [4.78, 5) is 166. The van der Waals surface area contributed by atoms with Crippen LogP contribution in [0.3, 0.4) is 0 Å². The van der Waals surface area contributed by atoms with Crippen molar-refractivity contribution in [2.24, 2.45) is 10.8 Å². The summed E-state index contributed by atoms with van der Waals surface area (Å²) in [5.74, 6) is -4.91. The van der Waals surface area contributed by atoms with Crippen LogP contribution in [0, 0.1) is 10.8 Å². The number of ketones is 4. The van der Waals surface area contributed by atoms with Crippen molar-refractivity contribution in [3.8, 4) is 34.5 Å². The Morgan fingerprint density at radius 1 is 0.326 bits per heavy atom. The van der Waals surface area contributed by atoms with Crippen molar-refractivity contribution in [1.29, 1.82) is 0 Å². The summed E-state index contributed by atoms with van der Waals surface area (Å²) in [6, 6.07) is 58.0. The van der Waals surface area contributed by atoms with Crippen molar-refractivity contribution >= 4 is 70.6 Å². The first-order chi connectivity index (χ1) is 68.1. The lowest BCUT2D eigenvalue weighted by Gasteiger charge is -2.34. The van der Waals surface area contributed by atoms with Crippen LogP contribution in [0.25, 0.3) is 0 Å². The van der Waals surface area contributed by atoms with Gasteiger partial charge in [-0.05, 0) is 250 Å². The quantitative estimate of drug-likeness (QED) is 0.0112. The van der Waals surface area contributed by atoms with Gasteiger partial charge in [0.05, 0.1) is 55.9 Å². The topological polar surface area (TPSA) is 323 Å². The second kappa shape index (κ2) is 58.2. The van der Waals surface area contributed by atoms with E-state index < -0.39 is 106 Å². The van der Waals surface area contributed by atoms with Crippen LogP contribution >= 0.6 is 0 Å². The molecule has 141 heavy (non-hydrogen) atoms. The number of hydrogen-bond acceptors (Lipinski definition) is 23. The summed E-state index contributed by atoms with van der Waals surface area (Å²) in [5.41, 5.74) is 6.12. The van der Waals surface area contributed by atoms with E-state index in [4.69, 9.17) is 47.4 Å². The second-order valence-corrected chi connectivity index (χ2v) is 37.3. The number of esters is 4. The van der Waals surface area contributed by atoms with Gasteiger partial charge in [0.1, 0.15) is 36.4 Å². The van der Waals surface area contributed by atoms with Gasteiger partial charge < -0.3 is 67.0 Å². The molecular formula is C114H145N5O22. The Balaban J connectivity index is 0.000000217. The number of benzene rings is 7. The standard InChI is InChI=1S/C37H45NO7.C36H43NO7.C21H29NO4.C20H28N2O4/c1-42-32-25-29(26-33(43-2)35(32)44-3)34(39)36(40)38-24-13-12-23-31(38)37(41)45-30(22-14-20-28-17-8-5-9-18-28)21-11-10-19-27-15-6-4-7-16-27;1-41-31-24-28(25-32(42-2)34(31)43-3)33(38)35(39)37-23-11-10-22-30(37)36(40)44-29(20-12-18-26-14-6-4-7-15-26)21-13-19-27-16-8-5-9-17-27;1-4-21(2,3)18(23)19(24)22-14-8-13-17(22)20(25)26-15-9-12-16-10-6-5-7-11-16;1-4-20(2,3)17(23)18(24)22-12-6-10-16(22)19(25)26-13-7-9-15-8-5-11-21-14-15/h4-9,15-18,25-26,30-31H,10-14,19-24H2,1-3H3;4-9,14-17,24-25,29-30H,10-13,18-23H2,1-3H3;5-7,10-11,17H,4,8-9,12-15H2,1-3H3;5,8,11,14,16H,4,6-7,9-10,12-13H2,1-3H3/t30-,31-;30-;17-;16-/m0000/s1. The summed E-state index contributed by atoms with van der Waals surface area (Å²) in [6.07, 6.45) is 24.7. The van der Waals surface area contributed by atoms with Crippen LogP contribution in [-0.4, -0.2) is 214 Å². The number of aromatic nitrogens is 1. The van der Waals surface area contributed by atoms with Crippen LogP contribution in [0.2, 0.25) is 0 Å². The van der Waals surface area contributed by atoms with E-state index in [1.807, 2.05) is 129 Å². The summed E-state index contributed by atoms with van der Waals surface area (Å²) in [6.45, 7) is 12.9. The van der Waals surface area contributed by atoms with Gasteiger partial charge in [0.15, 0.2) is 23.0 Å². The van der Waals surface area contributed by atoms with Gasteiger partial charge in [0.25, 0.3) is 35.2 Å². The van der Waals surface area contributed by atoms with Crippen LogP contribution in [0.5, 0.6) is 34.5 Å². The van der Waals surface area contributed by atoms with E-state index in [0.29, 0.717) is 115 Å². The number of nitrogens with zero attached hydrogens (tertiary/aromatic N) is 5. The van der Waals surface area contributed by atoms with Crippen LogP contribution in [-0.2, 0) is 105 Å². The highest BCUT2D eigenvalue weighted by molar-refractivity contribution is 6.44. The maximum Gasteiger partial charge on any atom is 0.329 e. The molecule has 4 amide bonds. The van der Waals surface area contributed by atoms with Gasteiger partial charge in [-0.25, -0.2) is 19.2 Å². The third-order valence-corrected chi connectivity index (χ3v) is 26.7. The second-order valence-electron chi connectivity index (χ2n) is 37.3. The third kappa shape index (κ3) is 33.8. The van der Waals surface area contributed by atoms with Crippen molar-refractivity contribution < 1.29 is 105 Å². The van der Waals surface area contributed by atoms with Crippen LogP contribution in [0.4, 0.5) is 0 Å². The zero-order valence-electron chi connectivity index (χ0n) is 84.5. The molecule has 4 aliphatic heterocycles. The number of aryl methyl sites for hydroxylation is 6. The molecule has 0 unspecified atom stereocenters. The Kier molecular flexibility index (Phi) is 46.1. The van der Waals surface area contributed by atoms with Crippen LogP contribution in [0.15, 0.2) is 200 Å². The minimum absolute atomic E-state index is 0.0990. The number of hydrogen-bond donors (Lipinski definition) is 0. The Morgan fingerprint density at radius 3 is 0.922 bits per heavy atom. The number of methoxy groups -OCH3 is 6. The number of ether oxygens (including phenoxy) is 10. The highest BCUT2D eigenvalue weighted by Gasteiger charge is 2.45. The molecule has 4 saturated heterocycles. The van der Waals surface area contributed by atoms with E-state index in [0.717, 1.165) is 128 Å². The van der Waals surface area contributed by atoms with Crippen molar-refractivity contribution in [3.63, 3.8) is 0 Å². The van der Waals surface area contributed by atoms with Crippen molar-refractivity contribution in [3.05, 3.63) is 245 Å². The summed E-state index contributed by atoms with van der Waals surface area (Å²) in [7, 11) is 8.72. The Morgan fingerprint density at radius 2 is 0.610 bits per heavy atom. The van der Waals surface area contributed by atoms with Crippen LogP contribution < -0.4 is 28.4 Å². The first-order valence-corrected chi connectivity index (χ1v) is 50.0. The highest BCUT2D eigenvalue weighted by Crippen LogP contribution is 2.41. The maximum atomic E-state index is 13.7. The number of piperidine rings is 2. The average Bonchev–Trinajstić information content (AvgIpc) is 1.51. The van der Waals surface area contributed by atoms with Gasteiger partial charge >= 0.3 is 23.9 Å². The summed E-state index contributed by atoms with van der Waals surface area (Å²) in [5, 5.41) is 0. The van der Waals surface area contributed by atoms with Gasteiger partial charge in [-0.1, -0.05) is 199 Å². The minimum Gasteiger partial charge on any atom is -0.493 e. The molecule has 0 radical (unpaired) electrons. The minimum atomic E-state index is -0.812. The lowest BCUT2D eigenvalue weighted by Crippen LogP contribution is -2.51. The number of pyridine rings is 1. The Bertz CT molecular complexity index is 5100. The van der Waals surface area contributed by atoms with E-state index in [1.54, 1.807) is 40.1 Å². The third-order valence-electron chi connectivity index (χ3n) is 26.7. The van der Waals surface area contributed by atoms with Gasteiger partial charge in [0.2, 0.25) is 23.1 Å². The fraction of sp³-hybridized carbons (Fsp3) is 0.482. The Labute approximate surface area is 832 Å². The number of amides is 4. The smallest absolute Gasteiger partial charge is 0.329 e. The fourth-order valence-electron chi connectivity index (χ4n) is 17.6. The monoisotopic (exact) mass is 1940 g/mol. The van der Waals surface area contributed by atoms with Crippen molar-refractivity contribution in [2.45, 2.75) is 264 Å². The van der Waals surface area contributed by atoms with E-state index in [1.165, 1.54) is 114 Å². The van der Waals surface area contributed by atoms with Gasteiger partial charge in [0, 0.05) is 60.5 Å². The molecule has 0 aliphatic carbocycles. The number of unbranched alkanes of at least 4 members (excludes halogenated alkanes) is 1. The normalized spacial score (nSPS) is 15.8. The number of likely N-dealkylation sites (tertiary alicyclic amines) is 4. The van der Waals surface area contributed by atoms with Gasteiger partial charge in [-0.2, -0.15) is 0 Å². The lowest BCUT2D eigenvalue weighted by molar-refractivity contribution is -0.161. The van der Waals surface area contributed by atoms with E-state index in [-0.39, 0.29) is 46.3 Å². The predicted octanol–water partition coefficient (Wildman–Crippen LogP) is 18.6. The number of rotatable bonds is 47. The fourth-order valence-corrected chi connectivity index (χ4v) is 17.6. The average molecular weight is 1940 g/mol. The molecule has 5 atom stereocenters. The maximum absolute atomic E-state index is 13.7. The molecule has 0 saturated carbocycles. The van der Waals surface area contributed by atoms with Gasteiger partial charge in [-0.15, -0.1) is 0 Å². The molecule has 5 heterocycles. The predicted molar refractivity (Wildman–Crippen MR) is 538 cm³/mol. The molecule has 8 aromatic rings. The number of carbonyl (C=O) groups is 12. The first kappa shape index (κ1) is 112. The largest absolute Gasteiger partial charge is 0.493 e. The molecule has 758 valence electrons. The van der Waals surface area contributed by atoms with E-state index in [2.05, 4.69) is 53.5 Å². The van der Waals surface area contributed by atoms with Crippen LogP contribution in [0.1, 0.15) is 243 Å². The van der Waals surface area contributed by atoms with E-state index >= 15 is 0 Å². The van der Waals surface area contributed by atoms with Gasteiger partial charge in [-0.3, -0.25) is 43.3 Å². The number of carbonyl (C=O) groups excluding carboxylic acids is 12. The molecule has 7 aromatic carbocycles. The molecule has 4 aliphatic rings. The molecule has 0 spiro atoms. The summed E-state index contributed by atoms with van der Waals surface area (Å²) >= 11 is 0. The SMILES string of the molecule is CCC(C)(C)C(=O)C(=O)N1CCC[C@H]1C(=O)OCCCc1ccccc1.CCC(C)(C)C(=O)C(=O)N1CCC[C@H]1C(=O)OCCCc1cccnc1.COc1cc(C(=O)C(=O)N2CCCC[C@H]2C(=O)OC(CCCc2ccccc2)CCCc2ccccc2)cc(OC)c1OC.COc1cc(C(=O)C(=O)N2CCCC[C@H]2C(=O)O[C@@H](CCCCc2ccccc2)CCCc2ccccc2)cc(OC)c1OC. The zero-order chi connectivity index (χ0) is 102. The van der Waals surface area contributed by atoms with E-state index in [9.17, 15) is 57.5 Å². The molecule has 27 heteroatoms. The molecule has 0 N–H and O–H groups in total. The zero-order valence-corrected chi connectivity index (χ0v) is 84.5. The number of Topliss-reactive ketones (excluding diaryl/α,β-unsaturated/α-hetero) is 4. The van der Waals surface area contributed by atoms with Crippen molar-refractivity contribution in [2.75, 3.05) is 82.1 Å². The molecule has 0 bridgehead atoms. The molecular weight excluding hydrogens is 1790 g/mol. The summed E-state index contributed by atoms with van der Waals surface area (Å²) < 4.78 is 55.2.